The van der Waals surface area contributed by atoms with Crippen LogP contribution in [0.25, 0.3) is 0 Å². The van der Waals surface area contributed by atoms with E-state index in [4.69, 9.17) is 42.1 Å². The van der Waals surface area contributed by atoms with Crippen LogP contribution in [0.1, 0.15) is 42.9 Å². The molecule has 3 rings (SSSR count). The topological polar surface area (TPSA) is 112 Å². The van der Waals surface area contributed by atoms with Gasteiger partial charge in [0.25, 0.3) is 11.8 Å². The number of carbonyl (C=O) groups excluding carboxylic acids is 3. The molecule has 2 aromatic carbocycles. The fraction of sp³-hybridized carbons (Fsp3) is 0.240. The van der Waals surface area contributed by atoms with Crippen molar-refractivity contribution in [2.75, 3.05) is 38.6 Å². The van der Waals surface area contributed by atoms with Crippen LogP contribution in [0.2, 0.25) is 10.0 Å². The summed E-state index contributed by atoms with van der Waals surface area (Å²) in [6.45, 7) is 3.35. The van der Waals surface area contributed by atoms with Crippen LogP contribution in [0, 0.1) is 6.92 Å². The zero-order valence-corrected chi connectivity index (χ0v) is 22.9. The molecular weight excluding hydrogens is 543 g/mol. The number of hydrogen-bond acceptors (Lipinski definition) is 8. The number of methoxy groups -OCH3 is 3. The first-order valence-electron chi connectivity index (χ1n) is 10.8. The Morgan fingerprint density at radius 3 is 2.14 bits per heavy atom. The molecule has 0 unspecified atom stereocenters. The molecule has 0 saturated heterocycles. The van der Waals surface area contributed by atoms with E-state index >= 15 is 0 Å². The van der Waals surface area contributed by atoms with E-state index in [-0.39, 0.29) is 44.1 Å². The fourth-order valence-electron chi connectivity index (χ4n) is 3.43. The zero-order valence-electron chi connectivity index (χ0n) is 20.6. The van der Waals surface area contributed by atoms with E-state index in [2.05, 4.69) is 10.6 Å². The van der Waals surface area contributed by atoms with Crippen molar-refractivity contribution in [1.29, 1.82) is 0 Å². The number of thiophene rings is 1. The molecule has 0 aliphatic heterocycles. The predicted molar refractivity (Wildman–Crippen MR) is 143 cm³/mol. The van der Waals surface area contributed by atoms with Crippen LogP contribution in [-0.4, -0.2) is 45.7 Å². The van der Waals surface area contributed by atoms with Gasteiger partial charge in [-0.15, -0.1) is 11.3 Å². The van der Waals surface area contributed by atoms with Crippen LogP contribution in [0.4, 0.5) is 10.7 Å². The Morgan fingerprint density at radius 2 is 1.57 bits per heavy atom. The minimum Gasteiger partial charge on any atom is -0.493 e. The van der Waals surface area contributed by atoms with Crippen LogP contribution < -0.4 is 24.8 Å². The number of halogens is 2. The number of nitrogens with one attached hydrogen (secondary N) is 2. The number of amides is 2. The number of esters is 1. The molecule has 9 nitrogen and oxygen atoms in total. The molecule has 37 heavy (non-hydrogen) atoms. The molecule has 2 amide bonds. The molecule has 0 radical (unpaired) electrons. The third kappa shape index (κ3) is 6.10. The lowest BCUT2D eigenvalue weighted by atomic mass is 10.1. The van der Waals surface area contributed by atoms with Gasteiger partial charge in [-0.05, 0) is 49.7 Å². The Morgan fingerprint density at radius 1 is 0.919 bits per heavy atom. The molecule has 1 aromatic heterocycles. The number of carbonyl (C=O) groups is 3. The predicted octanol–water partition coefficient (Wildman–Crippen LogP) is 6.07. The Kier molecular flexibility index (Phi) is 9.25. The highest BCUT2D eigenvalue weighted by molar-refractivity contribution is 7.19. The normalized spacial score (nSPS) is 10.5. The Labute approximate surface area is 227 Å². The largest absolute Gasteiger partial charge is 0.493 e. The SMILES string of the molecule is CCOC(=O)c1c(NC(=O)c2cc(OC)c(OC)c(OC)c2)sc(C(=O)Nc2cc(Cl)ccc2Cl)c1C. The molecule has 0 aliphatic carbocycles. The second-order valence-electron chi connectivity index (χ2n) is 7.43. The smallest absolute Gasteiger partial charge is 0.341 e. The maximum atomic E-state index is 13.2. The van der Waals surface area contributed by atoms with Gasteiger partial charge in [0.15, 0.2) is 11.5 Å². The molecule has 0 bridgehead atoms. The van der Waals surface area contributed by atoms with E-state index in [1.807, 2.05) is 0 Å². The molecule has 196 valence electrons. The second kappa shape index (κ2) is 12.2. The molecule has 3 aromatic rings. The van der Waals surface area contributed by atoms with Crippen LogP contribution in [0.15, 0.2) is 30.3 Å². The number of ether oxygens (including phenoxy) is 4. The van der Waals surface area contributed by atoms with Gasteiger partial charge in [-0.2, -0.15) is 0 Å². The summed E-state index contributed by atoms with van der Waals surface area (Å²) in [6.07, 6.45) is 0. The van der Waals surface area contributed by atoms with Crippen LogP contribution >= 0.6 is 34.5 Å². The van der Waals surface area contributed by atoms with Crippen LogP contribution in [-0.2, 0) is 4.74 Å². The Bertz CT molecular complexity index is 1330. The van der Waals surface area contributed by atoms with Crippen LogP contribution in [0.5, 0.6) is 17.2 Å². The lowest BCUT2D eigenvalue weighted by molar-refractivity contribution is 0.0527. The van der Waals surface area contributed by atoms with E-state index in [1.165, 1.54) is 39.5 Å². The summed E-state index contributed by atoms with van der Waals surface area (Å²) < 4.78 is 21.1. The minimum absolute atomic E-state index is 0.0648. The number of rotatable bonds is 9. The maximum Gasteiger partial charge on any atom is 0.341 e. The molecule has 0 aliphatic rings. The Balaban J connectivity index is 2.01. The van der Waals surface area contributed by atoms with Crippen LogP contribution in [0.3, 0.4) is 0 Å². The third-order valence-electron chi connectivity index (χ3n) is 5.16. The maximum absolute atomic E-state index is 13.2. The first-order chi connectivity index (χ1) is 17.6. The van der Waals surface area contributed by atoms with E-state index < -0.39 is 17.8 Å². The lowest BCUT2D eigenvalue weighted by Gasteiger charge is -2.14. The van der Waals surface area contributed by atoms with Gasteiger partial charge in [-0.1, -0.05) is 23.2 Å². The average molecular weight is 567 g/mol. The van der Waals surface area contributed by atoms with Crippen molar-refractivity contribution in [3.8, 4) is 17.2 Å². The fourth-order valence-corrected chi connectivity index (χ4v) is 4.85. The van der Waals surface area contributed by atoms with Gasteiger partial charge < -0.3 is 29.6 Å². The number of benzene rings is 2. The standard InChI is InChI=1S/C25H24Cl2N2O7S/c1-6-36-25(32)19-12(2)21(23(31)28-16-11-14(26)7-8-15(16)27)37-24(19)29-22(30)13-9-17(33-3)20(35-5)18(10-13)34-4/h7-11H,6H2,1-5H3,(H,28,31)(H,29,30). The molecule has 0 fully saturated rings. The van der Waals surface area contributed by atoms with Crippen molar-refractivity contribution < 1.29 is 33.3 Å². The zero-order chi connectivity index (χ0) is 27.3. The molecule has 0 spiro atoms. The molecule has 0 atom stereocenters. The van der Waals surface area contributed by atoms with Crippen molar-refractivity contribution >= 4 is 63.0 Å². The summed E-state index contributed by atoms with van der Waals surface area (Å²) in [6, 6.07) is 7.58. The van der Waals surface area contributed by atoms with Gasteiger partial charge in [0.1, 0.15) is 5.00 Å². The summed E-state index contributed by atoms with van der Waals surface area (Å²) in [4.78, 5) is 39.3. The summed E-state index contributed by atoms with van der Waals surface area (Å²) in [5.74, 6) is -0.922. The highest BCUT2D eigenvalue weighted by Crippen LogP contribution is 2.39. The van der Waals surface area contributed by atoms with Gasteiger partial charge in [0.2, 0.25) is 5.75 Å². The third-order valence-corrected chi connectivity index (χ3v) is 6.93. The van der Waals surface area contributed by atoms with E-state index in [0.717, 1.165) is 11.3 Å². The highest BCUT2D eigenvalue weighted by Gasteiger charge is 2.28. The number of hydrogen-bond donors (Lipinski definition) is 2. The van der Waals surface area contributed by atoms with E-state index in [1.54, 1.807) is 26.0 Å². The number of anilines is 2. The molecular formula is C25H24Cl2N2O7S. The Hall–Kier alpha value is -3.47. The summed E-state index contributed by atoms with van der Waals surface area (Å²) in [7, 11) is 4.30. The van der Waals surface area contributed by atoms with E-state index in [0.29, 0.717) is 22.0 Å². The molecule has 0 saturated carbocycles. The highest BCUT2D eigenvalue weighted by atomic mass is 35.5. The first-order valence-corrected chi connectivity index (χ1v) is 12.4. The average Bonchev–Trinajstić information content (AvgIpc) is 3.20. The van der Waals surface area contributed by atoms with Gasteiger partial charge in [-0.3, -0.25) is 9.59 Å². The van der Waals surface area contributed by atoms with Crippen molar-refractivity contribution in [2.45, 2.75) is 13.8 Å². The molecule has 1 heterocycles. The second-order valence-corrected chi connectivity index (χ2v) is 9.29. The van der Waals surface area contributed by atoms with E-state index in [9.17, 15) is 14.4 Å². The lowest BCUT2D eigenvalue weighted by Crippen LogP contribution is -2.15. The van der Waals surface area contributed by atoms with Gasteiger partial charge >= 0.3 is 5.97 Å². The van der Waals surface area contributed by atoms with Crippen molar-refractivity contribution in [2.24, 2.45) is 0 Å². The summed E-state index contributed by atoms with van der Waals surface area (Å²) >= 11 is 13.1. The van der Waals surface area contributed by atoms with Crippen molar-refractivity contribution in [1.82, 2.24) is 0 Å². The quantitative estimate of drug-likeness (QED) is 0.302. The monoisotopic (exact) mass is 566 g/mol. The molecule has 12 heteroatoms. The summed E-state index contributed by atoms with van der Waals surface area (Å²) in [5.41, 5.74) is 0.869. The van der Waals surface area contributed by atoms with Gasteiger partial charge in [0.05, 0.1) is 49.1 Å². The minimum atomic E-state index is -0.684. The van der Waals surface area contributed by atoms with Crippen molar-refractivity contribution in [3.63, 3.8) is 0 Å². The first kappa shape index (κ1) is 28.1. The van der Waals surface area contributed by atoms with Gasteiger partial charge in [-0.25, -0.2) is 4.79 Å². The van der Waals surface area contributed by atoms with Crippen molar-refractivity contribution in [3.05, 3.63) is 61.9 Å². The summed E-state index contributed by atoms with van der Waals surface area (Å²) in [5, 5.41) is 6.20. The molecule has 2 N–H and O–H groups in total. The van der Waals surface area contributed by atoms with Gasteiger partial charge in [0, 0.05) is 10.6 Å².